The third kappa shape index (κ3) is 4.44. The molecule has 0 aromatic heterocycles. The molecule has 2 aliphatic rings. The first-order valence-electron chi connectivity index (χ1n) is 8.91. The van der Waals surface area contributed by atoms with Gasteiger partial charge in [0, 0.05) is 46.1 Å². The second-order valence-corrected chi connectivity index (χ2v) is 9.12. The minimum atomic E-state index is -4.71. The molecule has 1 aromatic carbocycles. The highest BCUT2D eigenvalue weighted by atomic mass is 35.5. The number of carbonyl (C=O) groups is 2. The zero-order valence-corrected chi connectivity index (χ0v) is 17.4. The van der Waals surface area contributed by atoms with Crippen LogP contribution in [0.5, 0.6) is 0 Å². The molecule has 1 fully saturated rings. The van der Waals surface area contributed by atoms with E-state index in [4.69, 9.17) is 11.6 Å². The van der Waals surface area contributed by atoms with Crippen LogP contribution < -0.4 is 0 Å². The molecule has 0 saturated carbocycles. The van der Waals surface area contributed by atoms with Gasteiger partial charge in [0.05, 0.1) is 10.6 Å². The maximum absolute atomic E-state index is 13.0. The standard InChI is InChI=1S/C17H18ClF3N4O4S/c1-23-15(26)5-4-13(22-23)16(27)24-6-8-25(9-7-24)30(28,29)14-10-11(17(19,20)21)2-3-12(14)18/h2-3,10H,4-9H2,1H3. The molecule has 2 heterocycles. The predicted octanol–water partition coefficient (Wildman–Crippen LogP) is 1.80. The number of hydrogen-bond acceptors (Lipinski definition) is 5. The summed E-state index contributed by atoms with van der Waals surface area (Å²) in [5.74, 6) is -0.607. The molecule has 0 radical (unpaired) electrons. The molecule has 0 unspecified atom stereocenters. The lowest BCUT2D eigenvalue weighted by Gasteiger charge is -2.34. The Kier molecular flexibility index (Phi) is 6.12. The summed E-state index contributed by atoms with van der Waals surface area (Å²) in [6.45, 7) is -0.151. The normalized spacial score (nSPS) is 19.1. The van der Waals surface area contributed by atoms with E-state index in [1.165, 1.54) is 11.9 Å². The highest BCUT2D eigenvalue weighted by Crippen LogP contribution is 2.34. The van der Waals surface area contributed by atoms with Crippen LogP contribution in [0.3, 0.4) is 0 Å². The second-order valence-electron chi connectivity index (χ2n) is 6.80. The Morgan fingerprint density at radius 1 is 1.13 bits per heavy atom. The van der Waals surface area contributed by atoms with Gasteiger partial charge in [0.1, 0.15) is 10.6 Å². The minimum Gasteiger partial charge on any atom is -0.335 e. The van der Waals surface area contributed by atoms with E-state index in [-0.39, 0.29) is 55.7 Å². The molecule has 3 rings (SSSR count). The third-order valence-corrected chi connectivity index (χ3v) is 7.24. The van der Waals surface area contributed by atoms with Crippen LogP contribution >= 0.6 is 11.6 Å². The van der Waals surface area contributed by atoms with Gasteiger partial charge >= 0.3 is 6.18 Å². The van der Waals surface area contributed by atoms with Gasteiger partial charge in [0.2, 0.25) is 15.9 Å². The van der Waals surface area contributed by atoms with E-state index in [2.05, 4.69) is 5.10 Å². The van der Waals surface area contributed by atoms with Crippen LogP contribution in [0.15, 0.2) is 28.2 Å². The van der Waals surface area contributed by atoms with Crippen molar-refractivity contribution in [3.8, 4) is 0 Å². The molecule has 1 aromatic rings. The lowest BCUT2D eigenvalue weighted by Crippen LogP contribution is -2.52. The summed E-state index contributed by atoms with van der Waals surface area (Å²) in [5, 5.41) is 4.73. The molecule has 30 heavy (non-hydrogen) atoms. The van der Waals surface area contributed by atoms with Gasteiger partial charge in [-0.1, -0.05) is 11.6 Å². The number of rotatable bonds is 3. The lowest BCUT2D eigenvalue weighted by atomic mass is 10.1. The summed E-state index contributed by atoms with van der Waals surface area (Å²) < 4.78 is 65.6. The number of piperazine rings is 1. The van der Waals surface area contributed by atoms with Crippen molar-refractivity contribution in [2.75, 3.05) is 33.2 Å². The fourth-order valence-electron chi connectivity index (χ4n) is 3.15. The average Bonchev–Trinajstić information content (AvgIpc) is 2.69. The number of benzene rings is 1. The molecule has 164 valence electrons. The lowest BCUT2D eigenvalue weighted by molar-refractivity contribution is -0.137. The van der Waals surface area contributed by atoms with E-state index < -0.39 is 32.6 Å². The molecule has 13 heteroatoms. The number of nitrogens with zero attached hydrogens (tertiary/aromatic N) is 4. The fourth-order valence-corrected chi connectivity index (χ4v) is 5.08. The van der Waals surface area contributed by atoms with E-state index in [1.807, 2.05) is 0 Å². The third-order valence-electron chi connectivity index (χ3n) is 4.86. The number of alkyl halides is 3. The molecule has 0 N–H and O–H groups in total. The average molecular weight is 467 g/mol. The zero-order valence-electron chi connectivity index (χ0n) is 15.8. The number of halogens is 4. The van der Waals surface area contributed by atoms with E-state index in [1.54, 1.807) is 0 Å². The molecule has 0 spiro atoms. The molecule has 2 aliphatic heterocycles. The Morgan fingerprint density at radius 2 is 1.77 bits per heavy atom. The summed E-state index contributed by atoms with van der Waals surface area (Å²) in [7, 11) is -2.84. The number of carbonyl (C=O) groups excluding carboxylic acids is 2. The van der Waals surface area contributed by atoms with Crippen molar-refractivity contribution in [1.82, 2.24) is 14.2 Å². The molecule has 0 bridgehead atoms. The molecular weight excluding hydrogens is 449 g/mol. The summed E-state index contributed by atoms with van der Waals surface area (Å²) in [6.07, 6.45) is -4.36. The highest BCUT2D eigenvalue weighted by Gasteiger charge is 2.36. The van der Waals surface area contributed by atoms with Gasteiger partial charge in [-0.3, -0.25) is 9.59 Å². The molecule has 0 atom stereocenters. The van der Waals surface area contributed by atoms with Gasteiger partial charge in [-0.05, 0) is 18.2 Å². The van der Waals surface area contributed by atoms with Crippen LogP contribution in [-0.2, 0) is 25.8 Å². The Labute approximate surface area is 175 Å². The van der Waals surface area contributed by atoms with Crippen molar-refractivity contribution in [2.24, 2.45) is 5.10 Å². The van der Waals surface area contributed by atoms with E-state index in [0.717, 1.165) is 15.4 Å². The topological polar surface area (TPSA) is 90.4 Å². The van der Waals surface area contributed by atoms with Gasteiger partial charge in [-0.25, -0.2) is 13.4 Å². The van der Waals surface area contributed by atoms with Crippen molar-refractivity contribution >= 4 is 39.2 Å². The largest absolute Gasteiger partial charge is 0.416 e. The van der Waals surface area contributed by atoms with Crippen molar-refractivity contribution in [3.05, 3.63) is 28.8 Å². The number of hydrogen-bond donors (Lipinski definition) is 0. The summed E-state index contributed by atoms with van der Waals surface area (Å²) in [5.41, 5.74) is -0.914. The first-order chi connectivity index (χ1) is 13.9. The Balaban J connectivity index is 1.74. The maximum Gasteiger partial charge on any atom is 0.416 e. The number of hydrazone groups is 1. The molecular formula is C17H18ClF3N4O4S. The minimum absolute atomic E-state index is 0.0331. The van der Waals surface area contributed by atoms with Crippen LogP contribution in [-0.4, -0.2) is 73.4 Å². The first-order valence-corrected chi connectivity index (χ1v) is 10.7. The Morgan fingerprint density at radius 3 is 2.33 bits per heavy atom. The van der Waals surface area contributed by atoms with E-state index in [0.29, 0.717) is 12.1 Å². The van der Waals surface area contributed by atoms with Crippen LogP contribution in [0, 0.1) is 0 Å². The quantitative estimate of drug-likeness (QED) is 0.679. The van der Waals surface area contributed by atoms with Crippen LogP contribution in [0.4, 0.5) is 13.2 Å². The Hall–Kier alpha value is -2.18. The zero-order chi connectivity index (χ0) is 22.3. The van der Waals surface area contributed by atoms with Crippen molar-refractivity contribution in [3.63, 3.8) is 0 Å². The smallest absolute Gasteiger partial charge is 0.335 e. The highest BCUT2D eigenvalue weighted by molar-refractivity contribution is 7.89. The van der Waals surface area contributed by atoms with Crippen LogP contribution in [0.2, 0.25) is 5.02 Å². The van der Waals surface area contributed by atoms with Gasteiger partial charge in [-0.2, -0.15) is 22.6 Å². The maximum atomic E-state index is 13.0. The summed E-state index contributed by atoms with van der Waals surface area (Å²) >= 11 is 5.87. The van der Waals surface area contributed by atoms with Crippen molar-refractivity contribution < 1.29 is 31.2 Å². The molecule has 8 nitrogen and oxygen atoms in total. The molecule has 1 saturated heterocycles. The van der Waals surface area contributed by atoms with Crippen LogP contribution in [0.25, 0.3) is 0 Å². The van der Waals surface area contributed by atoms with Gasteiger partial charge < -0.3 is 4.90 Å². The molecule has 2 amide bonds. The van der Waals surface area contributed by atoms with Gasteiger partial charge in [0.25, 0.3) is 5.91 Å². The molecule has 0 aliphatic carbocycles. The summed E-state index contributed by atoms with van der Waals surface area (Å²) in [6, 6.07) is 2.12. The van der Waals surface area contributed by atoms with Gasteiger partial charge in [-0.15, -0.1) is 0 Å². The number of sulfonamides is 1. The fraction of sp³-hybridized carbons (Fsp3) is 0.471. The van der Waals surface area contributed by atoms with E-state index >= 15 is 0 Å². The predicted molar refractivity (Wildman–Crippen MR) is 101 cm³/mol. The SMILES string of the molecule is CN1N=C(C(=O)N2CCN(S(=O)(=O)c3cc(C(F)(F)F)ccc3Cl)CC2)CCC1=O. The monoisotopic (exact) mass is 466 g/mol. The Bertz CT molecular complexity index is 1000. The second kappa shape index (κ2) is 8.16. The van der Waals surface area contributed by atoms with Crippen LogP contribution in [0.1, 0.15) is 18.4 Å². The van der Waals surface area contributed by atoms with Crippen molar-refractivity contribution in [2.45, 2.75) is 23.9 Å². The van der Waals surface area contributed by atoms with Gasteiger partial charge in [0.15, 0.2) is 0 Å². The van der Waals surface area contributed by atoms with Crippen molar-refractivity contribution in [1.29, 1.82) is 0 Å². The first kappa shape index (κ1) is 22.5. The number of amides is 2. The van der Waals surface area contributed by atoms with E-state index in [9.17, 15) is 31.2 Å². The summed E-state index contributed by atoms with van der Waals surface area (Å²) in [4.78, 5) is 24.8.